The Morgan fingerprint density at radius 3 is 2.60 bits per heavy atom. The molecule has 1 aromatic rings. The normalized spacial score (nSPS) is 9.85. The number of hydrogen-bond donors (Lipinski definition) is 3. The molecule has 0 fully saturated rings. The van der Waals surface area contributed by atoms with E-state index < -0.39 is 10.8 Å². The minimum atomic E-state index is -0.558. The van der Waals surface area contributed by atoms with Crippen molar-refractivity contribution >= 4 is 23.2 Å². The molecule has 8 nitrogen and oxygen atoms in total. The van der Waals surface area contributed by atoms with Crippen molar-refractivity contribution in [2.75, 3.05) is 18.5 Å². The van der Waals surface area contributed by atoms with Crippen LogP contribution in [-0.4, -0.2) is 35.0 Å². The lowest BCUT2D eigenvalue weighted by Crippen LogP contribution is -2.27. The monoisotopic (exact) mass is 281 g/mol. The molecule has 8 heteroatoms. The van der Waals surface area contributed by atoms with Crippen LogP contribution in [0.1, 0.15) is 12.8 Å². The van der Waals surface area contributed by atoms with Gasteiger partial charge >= 0.3 is 0 Å². The van der Waals surface area contributed by atoms with Gasteiger partial charge in [-0.25, -0.2) is 0 Å². The number of amides is 2. The van der Waals surface area contributed by atoms with E-state index in [1.807, 2.05) is 0 Å². The van der Waals surface area contributed by atoms with Crippen LogP contribution < -0.4 is 10.6 Å². The summed E-state index contributed by atoms with van der Waals surface area (Å²) in [4.78, 5) is 32.8. The molecule has 0 aliphatic heterocycles. The molecular weight excluding hydrogens is 266 g/mol. The quantitative estimate of drug-likeness (QED) is 0.494. The highest BCUT2D eigenvalue weighted by Crippen LogP contribution is 2.17. The first kappa shape index (κ1) is 15.6. The average Bonchev–Trinajstić information content (AvgIpc) is 2.43. The second kappa shape index (κ2) is 7.85. The van der Waals surface area contributed by atoms with Crippen LogP contribution >= 0.6 is 0 Å². The summed E-state index contributed by atoms with van der Waals surface area (Å²) >= 11 is 0. The average molecular weight is 281 g/mol. The van der Waals surface area contributed by atoms with Crippen molar-refractivity contribution in [2.24, 2.45) is 0 Å². The van der Waals surface area contributed by atoms with E-state index in [0.29, 0.717) is 5.69 Å². The number of hydrogen-bond acceptors (Lipinski definition) is 5. The van der Waals surface area contributed by atoms with Crippen LogP contribution in [0.2, 0.25) is 0 Å². The van der Waals surface area contributed by atoms with Crippen LogP contribution in [0.4, 0.5) is 11.4 Å². The van der Waals surface area contributed by atoms with Crippen LogP contribution in [0.3, 0.4) is 0 Å². The predicted octanol–water partition coefficient (Wildman–Crippen LogP) is 0.422. The van der Waals surface area contributed by atoms with Gasteiger partial charge in [0.15, 0.2) is 0 Å². The number of anilines is 1. The lowest BCUT2D eigenvalue weighted by atomic mass is 10.2. The number of rotatable bonds is 7. The van der Waals surface area contributed by atoms with Crippen molar-refractivity contribution in [3.63, 3.8) is 0 Å². The minimum Gasteiger partial charge on any atom is -0.395 e. The van der Waals surface area contributed by atoms with Crippen molar-refractivity contribution in [1.82, 2.24) is 5.32 Å². The van der Waals surface area contributed by atoms with Crippen LogP contribution in [0.25, 0.3) is 0 Å². The standard InChI is InChI=1S/C12H15N3O5/c16-7-6-13-11(17)4-5-12(18)14-9-2-1-3-10(8-9)15(19)20/h1-3,8,16H,4-7H2,(H,13,17)(H,14,18). The molecule has 2 amide bonds. The molecule has 0 spiro atoms. The van der Waals surface area contributed by atoms with Gasteiger partial charge in [0.2, 0.25) is 11.8 Å². The van der Waals surface area contributed by atoms with Crippen LogP contribution in [0.5, 0.6) is 0 Å². The van der Waals surface area contributed by atoms with E-state index >= 15 is 0 Å². The summed E-state index contributed by atoms with van der Waals surface area (Å²) in [6.45, 7) is -0.0169. The van der Waals surface area contributed by atoms with Crippen molar-refractivity contribution < 1.29 is 19.6 Å². The summed E-state index contributed by atoms with van der Waals surface area (Å²) in [5.41, 5.74) is 0.184. The molecule has 0 aromatic heterocycles. The number of carbonyl (C=O) groups excluding carboxylic acids is 2. The molecule has 0 aliphatic carbocycles. The SMILES string of the molecule is O=C(CCC(=O)Nc1cccc([N+](=O)[O-])c1)NCCO. The first-order chi connectivity index (χ1) is 9.52. The molecule has 0 heterocycles. The zero-order chi connectivity index (χ0) is 15.0. The largest absolute Gasteiger partial charge is 0.395 e. The highest BCUT2D eigenvalue weighted by Gasteiger charge is 2.09. The smallest absolute Gasteiger partial charge is 0.271 e. The summed E-state index contributed by atoms with van der Waals surface area (Å²) in [5, 5.41) is 24.0. The van der Waals surface area contributed by atoms with E-state index in [-0.39, 0.29) is 37.6 Å². The number of nitrogens with one attached hydrogen (secondary N) is 2. The van der Waals surface area contributed by atoms with E-state index in [0.717, 1.165) is 0 Å². The lowest BCUT2D eigenvalue weighted by Gasteiger charge is -2.05. The van der Waals surface area contributed by atoms with Gasteiger partial charge < -0.3 is 15.7 Å². The van der Waals surface area contributed by atoms with Gasteiger partial charge in [0.05, 0.1) is 11.5 Å². The third kappa shape index (κ3) is 5.44. The highest BCUT2D eigenvalue weighted by molar-refractivity contribution is 5.93. The molecule has 0 saturated heterocycles. The van der Waals surface area contributed by atoms with Crippen molar-refractivity contribution in [1.29, 1.82) is 0 Å². The van der Waals surface area contributed by atoms with E-state index in [9.17, 15) is 19.7 Å². The van der Waals surface area contributed by atoms with Crippen molar-refractivity contribution in [3.8, 4) is 0 Å². The Kier molecular flexibility index (Phi) is 6.11. The topological polar surface area (TPSA) is 122 Å². The highest BCUT2D eigenvalue weighted by atomic mass is 16.6. The lowest BCUT2D eigenvalue weighted by molar-refractivity contribution is -0.384. The maximum absolute atomic E-state index is 11.6. The van der Waals surface area contributed by atoms with Crippen molar-refractivity contribution in [3.05, 3.63) is 34.4 Å². The van der Waals surface area contributed by atoms with Gasteiger partial charge in [-0.1, -0.05) is 6.07 Å². The van der Waals surface area contributed by atoms with E-state index in [1.165, 1.54) is 24.3 Å². The molecule has 108 valence electrons. The van der Waals surface area contributed by atoms with Gasteiger partial charge in [-0.2, -0.15) is 0 Å². The van der Waals surface area contributed by atoms with Crippen LogP contribution in [0.15, 0.2) is 24.3 Å². The first-order valence-corrected chi connectivity index (χ1v) is 5.95. The number of nitro groups is 1. The summed E-state index contributed by atoms with van der Waals surface area (Å²) in [6.07, 6.45) is -0.0548. The van der Waals surface area contributed by atoms with E-state index in [4.69, 9.17) is 5.11 Å². The van der Waals surface area contributed by atoms with Gasteiger partial charge in [0, 0.05) is 37.2 Å². The number of benzene rings is 1. The van der Waals surface area contributed by atoms with Crippen LogP contribution in [0, 0.1) is 10.1 Å². The van der Waals surface area contributed by atoms with Crippen molar-refractivity contribution in [2.45, 2.75) is 12.8 Å². The van der Waals surface area contributed by atoms with Gasteiger partial charge in [-0.3, -0.25) is 19.7 Å². The van der Waals surface area contributed by atoms with Crippen LogP contribution in [-0.2, 0) is 9.59 Å². The number of aliphatic hydroxyl groups is 1. The Balaban J connectivity index is 2.44. The first-order valence-electron chi connectivity index (χ1n) is 5.95. The summed E-state index contributed by atoms with van der Waals surface area (Å²) in [6, 6.07) is 5.54. The van der Waals surface area contributed by atoms with Gasteiger partial charge in [0.1, 0.15) is 0 Å². The molecule has 0 radical (unpaired) electrons. The number of aliphatic hydroxyl groups excluding tert-OH is 1. The maximum atomic E-state index is 11.6. The third-order valence-electron chi connectivity index (χ3n) is 2.35. The second-order valence-electron chi connectivity index (χ2n) is 3.93. The molecule has 0 bridgehead atoms. The fourth-order valence-corrected chi connectivity index (χ4v) is 1.43. The predicted molar refractivity (Wildman–Crippen MR) is 71.1 cm³/mol. The Labute approximate surface area is 114 Å². The van der Waals surface area contributed by atoms with Gasteiger partial charge in [0.25, 0.3) is 5.69 Å². The molecule has 1 aromatic carbocycles. The van der Waals surface area contributed by atoms with Gasteiger partial charge in [-0.05, 0) is 6.07 Å². The molecule has 0 atom stereocenters. The summed E-state index contributed by atoms with van der Waals surface area (Å²) in [5.74, 6) is -0.752. The minimum absolute atomic E-state index is 0.0131. The molecule has 20 heavy (non-hydrogen) atoms. The number of nitro benzene ring substituents is 1. The fourth-order valence-electron chi connectivity index (χ4n) is 1.43. The third-order valence-corrected chi connectivity index (χ3v) is 2.35. The molecule has 1 rings (SSSR count). The number of carbonyl (C=O) groups is 2. The Hall–Kier alpha value is -2.48. The molecule has 0 saturated carbocycles. The molecule has 3 N–H and O–H groups in total. The fraction of sp³-hybridized carbons (Fsp3) is 0.333. The molecule has 0 aliphatic rings. The Bertz CT molecular complexity index is 504. The number of non-ortho nitro benzene ring substituents is 1. The molecule has 0 unspecified atom stereocenters. The Morgan fingerprint density at radius 2 is 1.95 bits per heavy atom. The zero-order valence-corrected chi connectivity index (χ0v) is 10.7. The summed E-state index contributed by atoms with van der Waals surface area (Å²) in [7, 11) is 0. The van der Waals surface area contributed by atoms with E-state index in [1.54, 1.807) is 0 Å². The number of nitrogens with zero attached hydrogens (tertiary/aromatic N) is 1. The maximum Gasteiger partial charge on any atom is 0.271 e. The molecular formula is C12H15N3O5. The summed E-state index contributed by atoms with van der Waals surface area (Å²) < 4.78 is 0. The zero-order valence-electron chi connectivity index (χ0n) is 10.7. The van der Waals surface area contributed by atoms with Gasteiger partial charge in [-0.15, -0.1) is 0 Å². The second-order valence-corrected chi connectivity index (χ2v) is 3.93. The van der Waals surface area contributed by atoms with E-state index in [2.05, 4.69) is 10.6 Å². The Morgan fingerprint density at radius 1 is 1.25 bits per heavy atom.